The van der Waals surface area contributed by atoms with Crippen LogP contribution in [0.5, 0.6) is 0 Å². The van der Waals surface area contributed by atoms with Crippen LogP contribution in [0.4, 0.5) is 21.7 Å². The largest absolute Gasteiger partial charge is 0.367 e. The topological polar surface area (TPSA) is 75.1 Å². The highest BCUT2D eigenvalue weighted by Crippen LogP contribution is 2.30. The third-order valence-electron chi connectivity index (χ3n) is 7.01. The van der Waals surface area contributed by atoms with Crippen molar-refractivity contribution in [2.24, 2.45) is 0 Å². The number of hydrogen-bond acceptors (Lipinski definition) is 6. The molecule has 0 radical (unpaired) electrons. The molecule has 1 saturated heterocycles. The third kappa shape index (κ3) is 4.25. The molecule has 1 atom stereocenters. The molecule has 1 fully saturated rings. The van der Waals surface area contributed by atoms with Crippen LogP contribution < -0.4 is 21.1 Å². The van der Waals surface area contributed by atoms with Crippen LogP contribution in [0, 0.1) is 5.82 Å². The Morgan fingerprint density at radius 2 is 1.86 bits per heavy atom. The molecule has 1 unspecified atom stereocenters. The SMILES string of the molecule is O=c1ccc2cnc(Nc3ccc(N4CCNCC4)c(F)c3)nc2n1C1CCc2ccccc2C1. The van der Waals surface area contributed by atoms with Crippen molar-refractivity contribution in [1.29, 1.82) is 0 Å². The fraction of sp³-hybridized carbons (Fsp3) is 0.296. The van der Waals surface area contributed by atoms with Crippen LogP contribution in [0.25, 0.3) is 11.0 Å². The number of rotatable bonds is 4. The molecule has 2 N–H and O–H groups in total. The lowest BCUT2D eigenvalue weighted by molar-refractivity contribution is 0.441. The maximum atomic E-state index is 14.9. The number of pyridine rings is 1. The van der Waals surface area contributed by atoms with Crippen molar-refractivity contribution in [2.45, 2.75) is 25.3 Å². The Morgan fingerprint density at radius 3 is 2.69 bits per heavy atom. The Hall–Kier alpha value is -3.78. The maximum Gasteiger partial charge on any atom is 0.252 e. The van der Waals surface area contributed by atoms with E-state index in [0.717, 1.165) is 50.8 Å². The van der Waals surface area contributed by atoms with Crippen LogP contribution in [-0.2, 0) is 12.8 Å². The van der Waals surface area contributed by atoms with E-state index >= 15 is 0 Å². The van der Waals surface area contributed by atoms with E-state index in [1.54, 1.807) is 29.0 Å². The first-order valence-corrected chi connectivity index (χ1v) is 12.1. The minimum absolute atomic E-state index is 0.0274. The normalized spacial score (nSPS) is 17.9. The molecule has 35 heavy (non-hydrogen) atoms. The second-order valence-electron chi connectivity index (χ2n) is 9.21. The van der Waals surface area contributed by atoms with Gasteiger partial charge in [0.15, 0.2) is 0 Å². The zero-order chi connectivity index (χ0) is 23.8. The Balaban J connectivity index is 1.31. The molecule has 0 spiro atoms. The summed E-state index contributed by atoms with van der Waals surface area (Å²) in [6, 6.07) is 16.9. The Morgan fingerprint density at radius 1 is 1.03 bits per heavy atom. The quantitative estimate of drug-likeness (QED) is 0.473. The molecule has 2 aromatic carbocycles. The number of piperazine rings is 1. The summed E-state index contributed by atoms with van der Waals surface area (Å²) in [5, 5.41) is 7.21. The molecule has 3 heterocycles. The molecule has 1 aliphatic carbocycles. The van der Waals surface area contributed by atoms with Crippen LogP contribution in [0.3, 0.4) is 0 Å². The van der Waals surface area contributed by atoms with Crippen LogP contribution in [0.2, 0.25) is 0 Å². The molecule has 178 valence electrons. The van der Waals surface area contributed by atoms with Gasteiger partial charge in [0, 0.05) is 55.6 Å². The van der Waals surface area contributed by atoms with Crippen LogP contribution in [0.1, 0.15) is 23.6 Å². The molecular formula is C27H27FN6O. The zero-order valence-electron chi connectivity index (χ0n) is 19.4. The summed E-state index contributed by atoms with van der Waals surface area (Å²) < 4.78 is 16.7. The number of nitrogens with one attached hydrogen (secondary N) is 2. The van der Waals surface area contributed by atoms with Crippen molar-refractivity contribution in [3.8, 4) is 0 Å². The first-order chi connectivity index (χ1) is 17.2. The van der Waals surface area contributed by atoms with Gasteiger partial charge in [-0.15, -0.1) is 0 Å². The number of aromatic nitrogens is 3. The van der Waals surface area contributed by atoms with Gasteiger partial charge in [-0.1, -0.05) is 24.3 Å². The maximum absolute atomic E-state index is 14.9. The van der Waals surface area contributed by atoms with Gasteiger partial charge in [0.05, 0.1) is 5.69 Å². The summed E-state index contributed by atoms with van der Waals surface area (Å²) in [5.41, 5.74) is 4.32. The fourth-order valence-corrected chi connectivity index (χ4v) is 5.23. The van der Waals surface area contributed by atoms with E-state index in [0.29, 0.717) is 23.0 Å². The number of anilines is 3. The van der Waals surface area contributed by atoms with Crippen molar-refractivity contribution >= 4 is 28.4 Å². The number of aryl methyl sites for hydroxylation is 1. The van der Waals surface area contributed by atoms with Gasteiger partial charge in [0.2, 0.25) is 5.95 Å². The summed E-state index contributed by atoms with van der Waals surface area (Å²) in [5.74, 6) is 0.0536. The van der Waals surface area contributed by atoms with Crippen molar-refractivity contribution in [3.63, 3.8) is 0 Å². The molecule has 7 nitrogen and oxygen atoms in total. The van der Waals surface area contributed by atoms with E-state index < -0.39 is 0 Å². The minimum atomic E-state index is -0.282. The Kier molecular flexibility index (Phi) is 5.66. The molecule has 6 rings (SSSR count). The summed E-state index contributed by atoms with van der Waals surface area (Å²) in [6.45, 7) is 3.25. The zero-order valence-corrected chi connectivity index (χ0v) is 19.4. The lowest BCUT2D eigenvalue weighted by Gasteiger charge is -2.29. The van der Waals surface area contributed by atoms with Crippen molar-refractivity contribution in [2.75, 3.05) is 36.4 Å². The fourth-order valence-electron chi connectivity index (χ4n) is 5.23. The van der Waals surface area contributed by atoms with Gasteiger partial charge in [0.25, 0.3) is 5.56 Å². The van der Waals surface area contributed by atoms with Gasteiger partial charge in [-0.25, -0.2) is 9.37 Å². The van der Waals surface area contributed by atoms with Gasteiger partial charge in [-0.05, 0) is 54.7 Å². The minimum Gasteiger partial charge on any atom is -0.367 e. The van der Waals surface area contributed by atoms with Gasteiger partial charge >= 0.3 is 0 Å². The van der Waals surface area contributed by atoms with Gasteiger partial charge < -0.3 is 15.5 Å². The molecule has 0 bridgehead atoms. The number of benzene rings is 2. The van der Waals surface area contributed by atoms with E-state index in [9.17, 15) is 9.18 Å². The number of halogens is 1. The first-order valence-electron chi connectivity index (χ1n) is 12.1. The standard InChI is InChI=1S/C27H27FN6O/c28-23-16-21(7-9-24(23)33-13-11-29-12-14-33)31-27-30-17-20-6-10-25(35)34(26(20)32-27)22-8-5-18-3-1-2-4-19(18)15-22/h1-4,6-7,9-10,16-17,22,29H,5,8,11-15H2,(H,30,31,32). The first kappa shape index (κ1) is 21.7. The van der Waals surface area contributed by atoms with E-state index in [1.165, 1.54) is 17.2 Å². The number of nitrogens with zero attached hydrogens (tertiary/aromatic N) is 4. The number of fused-ring (bicyclic) bond motifs is 2. The van der Waals surface area contributed by atoms with Gasteiger partial charge in [0.1, 0.15) is 11.5 Å². The van der Waals surface area contributed by atoms with Gasteiger partial charge in [-0.2, -0.15) is 4.98 Å². The van der Waals surface area contributed by atoms with Crippen molar-refractivity contribution in [3.05, 3.63) is 88.1 Å². The third-order valence-corrected chi connectivity index (χ3v) is 7.01. The van der Waals surface area contributed by atoms with Crippen LogP contribution in [0.15, 0.2) is 65.6 Å². The average Bonchev–Trinajstić information content (AvgIpc) is 2.89. The molecule has 0 amide bonds. The lowest BCUT2D eigenvalue weighted by atomic mass is 9.88. The Bertz CT molecular complexity index is 1450. The molecule has 2 aromatic heterocycles. The molecule has 1 aliphatic heterocycles. The summed E-state index contributed by atoms with van der Waals surface area (Å²) in [4.78, 5) is 24.1. The van der Waals surface area contributed by atoms with Gasteiger partial charge in [-0.3, -0.25) is 9.36 Å². The van der Waals surface area contributed by atoms with E-state index in [4.69, 9.17) is 4.98 Å². The predicted molar refractivity (Wildman–Crippen MR) is 136 cm³/mol. The molecule has 2 aliphatic rings. The second kappa shape index (κ2) is 9.11. The highest BCUT2D eigenvalue weighted by Gasteiger charge is 2.23. The highest BCUT2D eigenvalue weighted by atomic mass is 19.1. The van der Waals surface area contributed by atoms with Crippen molar-refractivity contribution < 1.29 is 4.39 Å². The highest BCUT2D eigenvalue weighted by molar-refractivity contribution is 5.76. The van der Waals surface area contributed by atoms with E-state index in [2.05, 4.69) is 33.8 Å². The average molecular weight is 471 g/mol. The van der Waals surface area contributed by atoms with Crippen LogP contribution in [-0.4, -0.2) is 40.7 Å². The molecule has 0 saturated carbocycles. The molecule has 4 aromatic rings. The monoisotopic (exact) mass is 470 g/mol. The van der Waals surface area contributed by atoms with E-state index in [1.807, 2.05) is 17.0 Å². The Labute approximate surface area is 202 Å². The lowest BCUT2D eigenvalue weighted by Crippen LogP contribution is -2.43. The second-order valence-corrected chi connectivity index (χ2v) is 9.21. The molecule has 8 heteroatoms. The van der Waals surface area contributed by atoms with Crippen molar-refractivity contribution in [1.82, 2.24) is 19.9 Å². The molecular weight excluding hydrogens is 443 g/mol. The predicted octanol–water partition coefficient (Wildman–Crippen LogP) is 3.81. The summed E-state index contributed by atoms with van der Waals surface area (Å²) in [6.07, 6.45) is 4.31. The summed E-state index contributed by atoms with van der Waals surface area (Å²) in [7, 11) is 0. The number of hydrogen-bond donors (Lipinski definition) is 2. The smallest absolute Gasteiger partial charge is 0.252 e. The summed E-state index contributed by atoms with van der Waals surface area (Å²) >= 11 is 0. The van der Waals surface area contributed by atoms with E-state index in [-0.39, 0.29) is 17.4 Å². The van der Waals surface area contributed by atoms with Crippen LogP contribution >= 0.6 is 0 Å².